The van der Waals surface area contributed by atoms with Crippen molar-refractivity contribution in [2.24, 2.45) is 5.10 Å². The molecule has 200 valence electrons. The number of benzene rings is 3. The Morgan fingerprint density at radius 2 is 1.55 bits per heavy atom. The largest absolute Gasteiger partial charge is 0.497 e. The Hall–Kier alpha value is -4.38. The highest BCUT2D eigenvalue weighted by Gasteiger charge is 2.27. The van der Waals surface area contributed by atoms with Gasteiger partial charge in [0.25, 0.3) is 15.9 Å². The Morgan fingerprint density at radius 1 is 0.947 bits per heavy atom. The first-order valence-corrected chi connectivity index (χ1v) is 13.2. The van der Waals surface area contributed by atoms with E-state index in [0.29, 0.717) is 17.2 Å². The number of nitrogens with zero attached hydrogens (tertiary/aromatic N) is 2. The van der Waals surface area contributed by atoms with Gasteiger partial charge in [0, 0.05) is 12.6 Å². The van der Waals surface area contributed by atoms with Crippen molar-refractivity contribution in [2.45, 2.75) is 31.8 Å². The number of sulfonamides is 1. The summed E-state index contributed by atoms with van der Waals surface area (Å²) in [5.74, 6) is 0.323. The molecule has 0 heterocycles. The number of anilines is 2. The lowest BCUT2D eigenvalue weighted by atomic mass is 10.2. The molecule has 0 saturated heterocycles. The second kappa shape index (κ2) is 12.7. The van der Waals surface area contributed by atoms with Crippen LogP contribution in [-0.2, 0) is 19.6 Å². The van der Waals surface area contributed by atoms with Crippen LogP contribution < -0.4 is 24.5 Å². The van der Waals surface area contributed by atoms with Gasteiger partial charge in [0.1, 0.15) is 18.0 Å². The van der Waals surface area contributed by atoms with Gasteiger partial charge >= 0.3 is 0 Å². The summed E-state index contributed by atoms with van der Waals surface area (Å²) in [4.78, 5) is 24.0. The number of methoxy groups -OCH3 is 1. The quantitative estimate of drug-likeness (QED) is 0.283. The van der Waals surface area contributed by atoms with Crippen molar-refractivity contribution < 1.29 is 27.5 Å². The molecule has 0 aliphatic rings. The normalized spacial score (nSPS) is 11.3. The predicted molar refractivity (Wildman–Crippen MR) is 146 cm³/mol. The molecule has 38 heavy (non-hydrogen) atoms. The van der Waals surface area contributed by atoms with Crippen LogP contribution in [0.4, 0.5) is 11.4 Å². The number of hydrogen-bond donors (Lipinski definition) is 2. The molecular weight excluding hydrogens is 508 g/mol. The summed E-state index contributed by atoms with van der Waals surface area (Å²) in [5, 5.41) is 6.54. The van der Waals surface area contributed by atoms with Crippen LogP contribution in [0.5, 0.6) is 11.5 Å². The zero-order chi connectivity index (χ0) is 27.7. The lowest BCUT2D eigenvalue weighted by Gasteiger charge is -2.24. The van der Waals surface area contributed by atoms with E-state index in [-0.39, 0.29) is 22.6 Å². The summed E-state index contributed by atoms with van der Waals surface area (Å²) in [5.41, 5.74) is 3.81. The maximum absolute atomic E-state index is 13.5. The first-order chi connectivity index (χ1) is 18.1. The molecule has 0 bridgehead atoms. The summed E-state index contributed by atoms with van der Waals surface area (Å²) < 4.78 is 38.8. The minimum atomic E-state index is -4.15. The standard InChI is InChI=1S/C27H30N4O6S/c1-19(2)37-25-11-5-21(6-12-25)17-28-30-27(33)18-31(23-9-13-24(36-4)14-10-23)38(34,35)26-15-7-22(8-16-26)29-20(3)32/h5-17,19H,18H2,1-4H3,(H,29,32)(H,30,33)/b28-17-. The van der Waals surface area contributed by atoms with Gasteiger partial charge in [-0.15, -0.1) is 0 Å². The third kappa shape index (κ3) is 7.81. The zero-order valence-electron chi connectivity index (χ0n) is 21.5. The van der Waals surface area contributed by atoms with Crippen molar-refractivity contribution in [3.8, 4) is 11.5 Å². The molecule has 0 atom stereocenters. The predicted octanol–water partition coefficient (Wildman–Crippen LogP) is 3.79. The second-order valence-corrected chi connectivity index (χ2v) is 10.3. The third-order valence-corrected chi connectivity index (χ3v) is 6.85. The van der Waals surface area contributed by atoms with Gasteiger partial charge in [0.15, 0.2) is 0 Å². The van der Waals surface area contributed by atoms with Crippen LogP contribution in [0.15, 0.2) is 82.8 Å². The minimum Gasteiger partial charge on any atom is -0.497 e. The lowest BCUT2D eigenvalue weighted by molar-refractivity contribution is -0.119. The molecule has 0 aliphatic carbocycles. The summed E-state index contributed by atoms with van der Waals surface area (Å²) in [6.07, 6.45) is 1.50. The average Bonchev–Trinajstić information content (AvgIpc) is 2.88. The molecule has 0 aromatic heterocycles. The van der Waals surface area contributed by atoms with Crippen molar-refractivity contribution in [1.29, 1.82) is 0 Å². The van der Waals surface area contributed by atoms with Gasteiger partial charge in [0.2, 0.25) is 5.91 Å². The number of hydrazone groups is 1. The molecule has 3 aromatic rings. The van der Waals surface area contributed by atoms with Crippen molar-refractivity contribution in [2.75, 3.05) is 23.3 Å². The van der Waals surface area contributed by atoms with E-state index in [1.807, 2.05) is 13.8 Å². The van der Waals surface area contributed by atoms with Crippen LogP contribution in [0, 0.1) is 0 Å². The van der Waals surface area contributed by atoms with Crippen LogP contribution in [-0.4, -0.2) is 46.2 Å². The van der Waals surface area contributed by atoms with E-state index in [9.17, 15) is 18.0 Å². The average molecular weight is 539 g/mol. The van der Waals surface area contributed by atoms with Gasteiger partial charge in [-0.2, -0.15) is 5.10 Å². The number of nitrogens with one attached hydrogen (secondary N) is 2. The fourth-order valence-corrected chi connectivity index (χ4v) is 4.77. The summed E-state index contributed by atoms with van der Waals surface area (Å²) >= 11 is 0. The van der Waals surface area contributed by atoms with Crippen molar-refractivity contribution >= 4 is 39.4 Å². The molecule has 11 heteroatoms. The van der Waals surface area contributed by atoms with Gasteiger partial charge in [-0.05, 0) is 92.2 Å². The van der Waals surface area contributed by atoms with Crippen LogP contribution in [0.2, 0.25) is 0 Å². The number of rotatable bonds is 11. The summed E-state index contributed by atoms with van der Waals surface area (Å²) in [6, 6.07) is 19.1. The zero-order valence-corrected chi connectivity index (χ0v) is 22.4. The first kappa shape index (κ1) is 28.2. The Morgan fingerprint density at radius 3 is 2.11 bits per heavy atom. The molecular formula is C27H30N4O6S. The second-order valence-electron chi connectivity index (χ2n) is 8.44. The lowest BCUT2D eigenvalue weighted by Crippen LogP contribution is -2.39. The molecule has 0 spiro atoms. The van der Waals surface area contributed by atoms with Crippen LogP contribution in [0.1, 0.15) is 26.3 Å². The SMILES string of the molecule is COc1ccc(N(CC(=O)N/N=C\c2ccc(OC(C)C)cc2)S(=O)(=O)c2ccc(NC(C)=O)cc2)cc1. The smallest absolute Gasteiger partial charge is 0.264 e. The monoisotopic (exact) mass is 538 g/mol. The van der Waals surface area contributed by atoms with Crippen LogP contribution >= 0.6 is 0 Å². The van der Waals surface area contributed by atoms with Crippen molar-refractivity contribution in [3.05, 3.63) is 78.4 Å². The fraction of sp³-hybridized carbons (Fsp3) is 0.222. The number of amides is 2. The molecule has 0 radical (unpaired) electrons. The van der Waals surface area contributed by atoms with Gasteiger partial charge in [-0.3, -0.25) is 13.9 Å². The van der Waals surface area contributed by atoms with E-state index in [0.717, 1.165) is 9.87 Å². The topological polar surface area (TPSA) is 126 Å². The van der Waals surface area contributed by atoms with Crippen LogP contribution in [0.25, 0.3) is 0 Å². The molecule has 3 rings (SSSR count). The minimum absolute atomic E-state index is 0.0499. The van der Waals surface area contributed by atoms with E-state index in [1.165, 1.54) is 44.5 Å². The Balaban J connectivity index is 1.79. The van der Waals surface area contributed by atoms with Gasteiger partial charge < -0.3 is 14.8 Å². The highest BCUT2D eigenvalue weighted by Crippen LogP contribution is 2.26. The molecule has 0 unspecified atom stereocenters. The summed E-state index contributed by atoms with van der Waals surface area (Å²) in [7, 11) is -2.66. The van der Waals surface area contributed by atoms with E-state index in [4.69, 9.17) is 9.47 Å². The van der Waals surface area contributed by atoms with Gasteiger partial charge in [0.05, 0.1) is 30.0 Å². The number of carbonyl (C=O) groups excluding carboxylic acids is 2. The summed E-state index contributed by atoms with van der Waals surface area (Å²) in [6.45, 7) is 4.69. The highest BCUT2D eigenvalue weighted by atomic mass is 32.2. The maximum atomic E-state index is 13.5. The van der Waals surface area contributed by atoms with E-state index < -0.39 is 22.5 Å². The third-order valence-electron chi connectivity index (χ3n) is 5.07. The van der Waals surface area contributed by atoms with E-state index >= 15 is 0 Å². The molecule has 0 saturated carbocycles. The Labute approximate surface area is 222 Å². The van der Waals surface area contributed by atoms with Gasteiger partial charge in [-0.1, -0.05) is 0 Å². The Kier molecular flexibility index (Phi) is 9.44. The van der Waals surface area contributed by atoms with E-state index in [2.05, 4.69) is 15.8 Å². The molecule has 2 N–H and O–H groups in total. The fourth-order valence-electron chi connectivity index (χ4n) is 3.35. The number of carbonyl (C=O) groups is 2. The number of ether oxygens (including phenoxy) is 2. The van der Waals surface area contributed by atoms with Crippen molar-refractivity contribution in [3.63, 3.8) is 0 Å². The van der Waals surface area contributed by atoms with Crippen molar-refractivity contribution in [1.82, 2.24) is 5.43 Å². The number of hydrogen-bond acceptors (Lipinski definition) is 7. The first-order valence-electron chi connectivity index (χ1n) is 11.7. The highest BCUT2D eigenvalue weighted by molar-refractivity contribution is 7.92. The van der Waals surface area contributed by atoms with E-state index in [1.54, 1.807) is 48.5 Å². The molecule has 2 amide bonds. The molecule has 10 nitrogen and oxygen atoms in total. The van der Waals surface area contributed by atoms with Crippen LogP contribution in [0.3, 0.4) is 0 Å². The molecule has 0 fully saturated rings. The van der Waals surface area contributed by atoms with Gasteiger partial charge in [-0.25, -0.2) is 13.8 Å². The Bertz CT molecular complexity index is 1370. The molecule has 3 aromatic carbocycles. The maximum Gasteiger partial charge on any atom is 0.264 e. The molecule has 0 aliphatic heterocycles.